The van der Waals surface area contributed by atoms with E-state index in [0.29, 0.717) is 18.9 Å². The lowest BCUT2D eigenvalue weighted by Crippen LogP contribution is -2.60. The van der Waals surface area contributed by atoms with Crippen LogP contribution >= 0.6 is 0 Å². The van der Waals surface area contributed by atoms with Gasteiger partial charge in [0, 0.05) is 25.2 Å². The molecule has 2 aromatic carbocycles. The van der Waals surface area contributed by atoms with Gasteiger partial charge < -0.3 is 20.1 Å². The van der Waals surface area contributed by atoms with E-state index in [2.05, 4.69) is 69.7 Å². The number of fused-ring (bicyclic) bond motifs is 6. The van der Waals surface area contributed by atoms with Gasteiger partial charge in [-0.1, -0.05) is 48.5 Å². The molecule has 3 heterocycles. The van der Waals surface area contributed by atoms with Crippen LogP contribution in [0.2, 0.25) is 0 Å². The maximum atomic E-state index is 13.9. The number of hydrogen-bond acceptors (Lipinski definition) is 7. The molecule has 7 atom stereocenters. The molecule has 0 radical (unpaired) electrons. The van der Waals surface area contributed by atoms with Crippen LogP contribution in [0.5, 0.6) is 0 Å². The number of nitrogens with zero attached hydrogens (tertiary/aromatic N) is 4. The molecule has 3 aliphatic heterocycles. The molecule has 2 bridgehead atoms. The van der Waals surface area contributed by atoms with Crippen LogP contribution in [0.3, 0.4) is 0 Å². The molecule has 2 aromatic rings. The number of carbonyl (C=O) groups is 2. The molecule has 0 aromatic heterocycles. The monoisotopic (exact) mass is 555 g/mol. The van der Waals surface area contributed by atoms with Crippen LogP contribution in [-0.4, -0.2) is 86.9 Å². The topological polar surface area (TPSA) is 109 Å². The van der Waals surface area contributed by atoms with Crippen molar-refractivity contribution in [1.29, 1.82) is 5.26 Å². The SMILES string of the molecule is CC(C)(C)OC(=O)NC(CN1C[C@@H]2CC1C(O)N2C1c2ccccc2-c2ccccc21)C(=O)N1C(C#N)C[C@@H]2C[C@@H]21. The minimum absolute atomic E-state index is 0.0281. The van der Waals surface area contributed by atoms with Crippen LogP contribution < -0.4 is 5.32 Å². The Labute approximate surface area is 240 Å². The highest BCUT2D eigenvalue weighted by molar-refractivity contribution is 5.87. The lowest BCUT2D eigenvalue weighted by molar-refractivity contribution is -0.136. The Bertz CT molecular complexity index is 1380. The minimum Gasteiger partial charge on any atom is -0.444 e. The van der Waals surface area contributed by atoms with Crippen LogP contribution in [0.15, 0.2) is 48.5 Å². The first-order valence-electron chi connectivity index (χ1n) is 14.7. The number of alkyl carbamates (subject to hydrolysis) is 1. The average Bonchev–Trinajstić information content (AvgIpc) is 3.21. The molecular formula is C32H37N5O4. The zero-order chi connectivity index (χ0) is 28.6. The molecule has 2 amide bonds. The summed E-state index contributed by atoms with van der Waals surface area (Å²) in [4.78, 5) is 32.8. The van der Waals surface area contributed by atoms with Crippen molar-refractivity contribution in [2.24, 2.45) is 5.92 Å². The molecule has 214 valence electrons. The molecule has 2 aliphatic carbocycles. The second kappa shape index (κ2) is 9.55. The van der Waals surface area contributed by atoms with E-state index in [9.17, 15) is 20.0 Å². The van der Waals surface area contributed by atoms with E-state index < -0.39 is 30.0 Å². The Morgan fingerprint density at radius 1 is 1.05 bits per heavy atom. The van der Waals surface area contributed by atoms with Gasteiger partial charge in [0.1, 0.15) is 23.9 Å². The number of nitriles is 1. The Hall–Kier alpha value is -3.45. The number of piperazine rings is 1. The lowest BCUT2D eigenvalue weighted by Gasteiger charge is -2.43. The molecule has 41 heavy (non-hydrogen) atoms. The number of aliphatic hydroxyl groups is 1. The number of aliphatic hydroxyl groups excluding tert-OH is 1. The number of ether oxygens (including phenoxy) is 1. The number of nitrogens with one attached hydrogen (secondary N) is 1. The number of likely N-dealkylation sites (tertiary alicyclic amines) is 3. The fraction of sp³-hybridized carbons (Fsp3) is 0.531. The third-order valence-corrected chi connectivity index (χ3v) is 9.51. The predicted octanol–water partition coefficient (Wildman–Crippen LogP) is 3.24. The number of rotatable bonds is 5. The van der Waals surface area contributed by atoms with Crippen molar-refractivity contribution in [3.8, 4) is 17.2 Å². The fourth-order valence-corrected chi connectivity index (χ4v) is 7.81. The fourth-order valence-electron chi connectivity index (χ4n) is 7.81. The van der Waals surface area contributed by atoms with Crippen LogP contribution in [0, 0.1) is 17.2 Å². The van der Waals surface area contributed by atoms with Gasteiger partial charge in [0.15, 0.2) is 0 Å². The van der Waals surface area contributed by atoms with Gasteiger partial charge in [0.25, 0.3) is 0 Å². The highest BCUT2D eigenvalue weighted by atomic mass is 16.6. The second-order valence-corrected chi connectivity index (χ2v) is 13.2. The third-order valence-electron chi connectivity index (χ3n) is 9.51. The largest absolute Gasteiger partial charge is 0.444 e. The van der Waals surface area contributed by atoms with Gasteiger partial charge in [-0.2, -0.15) is 5.26 Å². The Balaban J connectivity index is 1.12. The summed E-state index contributed by atoms with van der Waals surface area (Å²) in [6.07, 6.45) is 1.02. The molecule has 7 rings (SSSR count). The van der Waals surface area contributed by atoms with Crippen molar-refractivity contribution in [1.82, 2.24) is 20.0 Å². The third kappa shape index (κ3) is 4.40. The van der Waals surface area contributed by atoms with Crippen LogP contribution in [0.4, 0.5) is 4.79 Å². The van der Waals surface area contributed by atoms with Gasteiger partial charge >= 0.3 is 6.09 Å². The Morgan fingerprint density at radius 2 is 1.71 bits per heavy atom. The van der Waals surface area contributed by atoms with E-state index in [0.717, 1.165) is 12.8 Å². The maximum absolute atomic E-state index is 13.9. The number of hydrogen-bond donors (Lipinski definition) is 2. The van der Waals surface area contributed by atoms with Gasteiger partial charge in [-0.15, -0.1) is 0 Å². The Morgan fingerprint density at radius 3 is 2.32 bits per heavy atom. The summed E-state index contributed by atoms with van der Waals surface area (Å²) < 4.78 is 5.51. The molecule has 3 saturated heterocycles. The van der Waals surface area contributed by atoms with Crippen LogP contribution in [0.1, 0.15) is 57.2 Å². The van der Waals surface area contributed by atoms with E-state index in [-0.39, 0.29) is 36.6 Å². The zero-order valence-corrected chi connectivity index (χ0v) is 23.7. The lowest BCUT2D eigenvalue weighted by atomic mass is 10.0. The van der Waals surface area contributed by atoms with Crippen molar-refractivity contribution < 1.29 is 19.4 Å². The highest BCUT2D eigenvalue weighted by Gasteiger charge is 2.57. The zero-order valence-electron chi connectivity index (χ0n) is 23.7. The molecule has 9 nitrogen and oxygen atoms in total. The van der Waals surface area contributed by atoms with Crippen molar-refractivity contribution in [3.63, 3.8) is 0 Å². The van der Waals surface area contributed by atoms with Crippen molar-refractivity contribution >= 4 is 12.0 Å². The molecular weight excluding hydrogens is 518 g/mol. The standard InChI is InChI=1S/C32H37N5O4/c1-32(2,3)41-31(40)34-25(29(38)36-19(15-33)12-18-13-26(18)36)17-35-16-20-14-27(35)30(39)37(20)28-23-10-6-4-8-21(23)22-9-5-7-11-24(22)28/h4-11,18-20,25-28,30,39H,12-14,16-17H2,1-3H3,(H,34,40)/t18-,19?,20+,25?,26+,27?,30?/m1/s1. The van der Waals surface area contributed by atoms with Crippen LogP contribution in [0.25, 0.3) is 11.1 Å². The molecule has 2 N–H and O–H groups in total. The smallest absolute Gasteiger partial charge is 0.408 e. The highest BCUT2D eigenvalue weighted by Crippen LogP contribution is 2.51. The first-order valence-corrected chi connectivity index (χ1v) is 14.7. The van der Waals surface area contributed by atoms with E-state index in [1.54, 1.807) is 25.7 Å². The van der Waals surface area contributed by atoms with Gasteiger partial charge in [-0.05, 0) is 68.2 Å². The average molecular weight is 556 g/mol. The summed E-state index contributed by atoms with van der Waals surface area (Å²) in [5.41, 5.74) is 4.13. The number of carbonyl (C=O) groups excluding carboxylic acids is 2. The van der Waals surface area contributed by atoms with Crippen molar-refractivity contribution in [3.05, 3.63) is 59.7 Å². The van der Waals surface area contributed by atoms with Gasteiger partial charge in [0.2, 0.25) is 5.91 Å². The summed E-state index contributed by atoms with van der Waals surface area (Å²) in [7, 11) is 0. The second-order valence-electron chi connectivity index (χ2n) is 13.2. The maximum Gasteiger partial charge on any atom is 0.408 e. The number of piperidine rings is 1. The molecule has 4 fully saturated rings. The van der Waals surface area contributed by atoms with E-state index in [1.807, 2.05) is 0 Å². The minimum atomic E-state index is -0.868. The van der Waals surface area contributed by atoms with Crippen molar-refractivity contribution in [2.45, 2.75) is 88.1 Å². The van der Waals surface area contributed by atoms with Gasteiger partial charge in [0.05, 0.1) is 18.2 Å². The quantitative estimate of drug-likeness (QED) is 0.583. The number of amides is 2. The normalized spacial score (nSPS) is 30.9. The van der Waals surface area contributed by atoms with E-state index >= 15 is 0 Å². The van der Waals surface area contributed by atoms with E-state index in [4.69, 9.17) is 4.74 Å². The summed E-state index contributed by atoms with van der Waals surface area (Å²) in [6, 6.07) is 17.8. The summed E-state index contributed by atoms with van der Waals surface area (Å²) in [5.74, 6) is 0.140. The number of benzene rings is 2. The van der Waals surface area contributed by atoms with Gasteiger partial charge in [-0.25, -0.2) is 4.79 Å². The predicted molar refractivity (Wildman–Crippen MR) is 151 cm³/mol. The summed E-state index contributed by atoms with van der Waals surface area (Å²) in [5, 5.41) is 24.3. The van der Waals surface area contributed by atoms with Gasteiger partial charge in [-0.3, -0.25) is 14.6 Å². The molecule has 5 aliphatic rings. The first kappa shape index (κ1) is 26.4. The molecule has 0 spiro atoms. The van der Waals surface area contributed by atoms with Crippen LogP contribution in [-0.2, 0) is 9.53 Å². The first-order chi connectivity index (χ1) is 19.6. The summed E-state index contributed by atoms with van der Waals surface area (Å²) in [6.45, 7) is 6.29. The molecule has 1 saturated carbocycles. The molecule has 4 unspecified atom stereocenters. The molecule has 9 heteroatoms. The van der Waals surface area contributed by atoms with E-state index in [1.165, 1.54) is 22.3 Å². The summed E-state index contributed by atoms with van der Waals surface area (Å²) >= 11 is 0. The van der Waals surface area contributed by atoms with Crippen molar-refractivity contribution in [2.75, 3.05) is 13.1 Å². The Kier molecular flexibility index (Phi) is 6.16.